The molecule has 0 spiro atoms. The van der Waals surface area contributed by atoms with Crippen LogP contribution in [-0.2, 0) is 0 Å². The Morgan fingerprint density at radius 1 is 1.35 bits per heavy atom. The van der Waals surface area contributed by atoms with Gasteiger partial charge in [0.1, 0.15) is 17.8 Å². The summed E-state index contributed by atoms with van der Waals surface area (Å²) in [5, 5.41) is 0.202. The monoisotopic (exact) mass is 293 g/mol. The van der Waals surface area contributed by atoms with Crippen LogP contribution in [0, 0.1) is 5.82 Å². The zero-order valence-corrected chi connectivity index (χ0v) is 11.1. The molecule has 102 valence electrons. The highest BCUT2D eigenvalue weighted by atomic mass is 35.5. The maximum atomic E-state index is 14.0. The van der Waals surface area contributed by atoms with Crippen molar-refractivity contribution in [2.75, 3.05) is 12.8 Å². The van der Waals surface area contributed by atoms with Crippen molar-refractivity contribution >= 4 is 28.7 Å². The minimum Gasteiger partial charge on any atom is -0.479 e. The van der Waals surface area contributed by atoms with Crippen molar-refractivity contribution < 1.29 is 9.13 Å². The summed E-state index contributed by atoms with van der Waals surface area (Å²) < 4.78 is 20.5. The average Bonchev–Trinajstić information content (AvgIpc) is 2.75. The summed E-state index contributed by atoms with van der Waals surface area (Å²) in [4.78, 5) is 12.1. The molecule has 3 aromatic rings. The van der Waals surface area contributed by atoms with E-state index in [4.69, 9.17) is 22.1 Å². The van der Waals surface area contributed by atoms with Gasteiger partial charge in [-0.1, -0.05) is 17.7 Å². The van der Waals surface area contributed by atoms with Gasteiger partial charge in [0.05, 0.1) is 12.1 Å². The van der Waals surface area contributed by atoms with E-state index < -0.39 is 5.82 Å². The lowest BCUT2D eigenvalue weighted by Gasteiger charge is -2.09. The summed E-state index contributed by atoms with van der Waals surface area (Å²) in [5.41, 5.74) is 6.60. The van der Waals surface area contributed by atoms with E-state index in [9.17, 15) is 4.39 Å². The van der Waals surface area contributed by atoms with Gasteiger partial charge in [-0.2, -0.15) is 4.98 Å². The summed E-state index contributed by atoms with van der Waals surface area (Å²) in [5.74, 6) is -0.222. The molecule has 6 nitrogen and oxygen atoms in total. The smallest absolute Gasteiger partial charge is 0.245 e. The molecule has 2 aromatic heterocycles. The molecule has 0 aliphatic heterocycles. The molecule has 0 amide bonds. The second kappa shape index (κ2) is 4.61. The van der Waals surface area contributed by atoms with E-state index in [-0.39, 0.29) is 22.5 Å². The van der Waals surface area contributed by atoms with Crippen molar-refractivity contribution in [1.29, 1.82) is 0 Å². The second-order valence-corrected chi connectivity index (χ2v) is 4.34. The fraction of sp³-hybridized carbons (Fsp3) is 0.0833. The summed E-state index contributed by atoms with van der Waals surface area (Å²) >= 11 is 6.05. The van der Waals surface area contributed by atoms with Crippen LogP contribution in [0.15, 0.2) is 24.5 Å². The van der Waals surface area contributed by atoms with Crippen molar-refractivity contribution in [2.24, 2.45) is 0 Å². The molecule has 0 fully saturated rings. The molecule has 0 saturated heterocycles. The van der Waals surface area contributed by atoms with Gasteiger partial charge in [0, 0.05) is 0 Å². The molecule has 0 bridgehead atoms. The molecule has 2 heterocycles. The standard InChI is InChI=1S/C12H9ClFN5O/c1-20-11-8-10(16-5-17-11)19(12(15)18-8)9-6(13)3-2-4-7(9)14/h2-5H,1H3,(H2,15,18). The highest BCUT2D eigenvalue weighted by molar-refractivity contribution is 6.32. The SMILES string of the molecule is COc1ncnc2c1nc(N)n2-c1c(F)cccc1Cl. The number of benzene rings is 1. The lowest BCUT2D eigenvalue weighted by Crippen LogP contribution is -2.04. The lowest BCUT2D eigenvalue weighted by atomic mass is 10.3. The molecule has 0 unspecified atom stereocenters. The third-order valence-electron chi connectivity index (χ3n) is 2.79. The van der Waals surface area contributed by atoms with Gasteiger partial charge < -0.3 is 10.5 Å². The zero-order chi connectivity index (χ0) is 14.3. The van der Waals surface area contributed by atoms with Crippen molar-refractivity contribution in [3.8, 4) is 11.6 Å². The van der Waals surface area contributed by atoms with E-state index in [1.165, 1.54) is 30.1 Å². The van der Waals surface area contributed by atoms with Gasteiger partial charge >= 0.3 is 0 Å². The van der Waals surface area contributed by atoms with E-state index in [1.54, 1.807) is 6.07 Å². The van der Waals surface area contributed by atoms with E-state index >= 15 is 0 Å². The maximum Gasteiger partial charge on any atom is 0.245 e. The number of nitrogen functional groups attached to an aromatic ring is 1. The summed E-state index contributed by atoms with van der Waals surface area (Å²) in [6.07, 6.45) is 1.29. The highest BCUT2D eigenvalue weighted by Gasteiger charge is 2.20. The van der Waals surface area contributed by atoms with E-state index in [1.807, 2.05) is 0 Å². The molecular weight excluding hydrogens is 285 g/mol. The van der Waals surface area contributed by atoms with Gasteiger partial charge in [-0.05, 0) is 12.1 Å². The first-order chi connectivity index (χ1) is 9.63. The third-order valence-corrected chi connectivity index (χ3v) is 3.10. The number of anilines is 1. The first kappa shape index (κ1) is 12.6. The molecule has 0 aliphatic rings. The maximum absolute atomic E-state index is 14.0. The lowest BCUT2D eigenvalue weighted by molar-refractivity contribution is 0.401. The number of rotatable bonds is 2. The summed E-state index contributed by atoms with van der Waals surface area (Å²) in [6.45, 7) is 0. The number of nitrogens with zero attached hydrogens (tertiary/aromatic N) is 4. The first-order valence-corrected chi connectivity index (χ1v) is 5.98. The number of fused-ring (bicyclic) bond motifs is 1. The summed E-state index contributed by atoms with van der Waals surface area (Å²) in [6, 6.07) is 4.35. The van der Waals surface area contributed by atoms with Gasteiger partial charge in [0.2, 0.25) is 11.8 Å². The Hall–Kier alpha value is -2.41. The van der Waals surface area contributed by atoms with E-state index in [2.05, 4.69) is 15.0 Å². The van der Waals surface area contributed by atoms with Crippen LogP contribution < -0.4 is 10.5 Å². The Morgan fingerprint density at radius 3 is 2.85 bits per heavy atom. The Labute approximate surface area is 118 Å². The molecule has 8 heteroatoms. The first-order valence-electron chi connectivity index (χ1n) is 5.60. The fourth-order valence-corrected chi connectivity index (χ4v) is 2.21. The zero-order valence-electron chi connectivity index (χ0n) is 10.3. The molecule has 0 aliphatic carbocycles. The van der Waals surface area contributed by atoms with Gasteiger partial charge in [-0.15, -0.1) is 0 Å². The normalized spacial score (nSPS) is 10.9. The quantitative estimate of drug-likeness (QED) is 0.783. The number of nitrogens with two attached hydrogens (primary N) is 1. The number of methoxy groups -OCH3 is 1. The Kier molecular flexibility index (Phi) is 2.90. The van der Waals surface area contributed by atoms with Crippen molar-refractivity contribution in [3.63, 3.8) is 0 Å². The Balaban J connectivity index is 2.40. The molecule has 0 atom stereocenters. The largest absolute Gasteiger partial charge is 0.479 e. The number of hydrogen-bond acceptors (Lipinski definition) is 5. The number of ether oxygens (including phenoxy) is 1. The van der Waals surface area contributed by atoms with Crippen LogP contribution in [0.5, 0.6) is 5.88 Å². The minimum absolute atomic E-state index is 0.0470. The number of hydrogen-bond donors (Lipinski definition) is 1. The predicted octanol–water partition coefficient (Wildman–Crippen LogP) is 2.20. The Bertz CT molecular complexity index is 784. The molecule has 3 rings (SSSR count). The Morgan fingerprint density at radius 2 is 2.15 bits per heavy atom. The average molecular weight is 294 g/mol. The van der Waals surface area contributed by atoms with Crippen LogP contribution in [0.2, 0.25) is 5.02 Å². The third kappa shape index (κ3) is 1.75. The number of para-hydroxylation sites is 1. The van der Waals surface area contributed by atoms with E-state index in [0.717, 1.165) is 0 Å². The summed E-state index contributed by atoms with van der Waals surface area (Å²) in [7, 11) is 1.45. The molecule has 1 aromatic carbocycles. The fourth-order valence-electron chi connectivity index (χ4n) is 1.96. The van der Waals surface area contributed by atoms with Gasteiger partial charge in [-0.25, -0.2) is 14.4 Å². The van der Waals surface area contributed by atoms with Crippen LogP contribution in [0.25, 0.3) is 16.9 Å². The van der Waals surface area contributed by atoms with Crippen LogP contribution in [0.3, 0.4) is 0 Å². The van der Waals surface area contributed by atoms with Crippen molar-refractivity contribution in [2.45, 2.75) is 0 Å². The van der Waals surface area contributed by atoms with Crippen molar-refractivity contribution in [1.82, 2.24) is 19.5 Å². The minimum atomic E-state index is -0.527. The van der Waals surface area contributed by atoms with Crippen LogP contribution >= 0.6 is 11.6 Å². The molecule has 2 N–H and O–H groups in total. The van der Waals surface area contributed by atoms with Gasteiger partial charge in [-0.3, -0.25) is 4.57 Å². The topological polar surface area (TPSA) is 78.8 Å². The van der Waals surface area contributed by atoms with Crippen LogP contribution in [-0.4, -0.2) is 26.6 Å². The number of halogens is 2. The van der Waals surface area contributed by atoms with Crippen LogP contribution in [0.4, 0.5) is 10.3 Å². The number of aromatic nitrogens is 4. The highest BCUT2D eigenvalue weighted by Crippen LogP contribution is 2.31. The molecule has 0 saturated carbocycles. The number of imidazole rings is 1. The second-order valence-electron chi connectivity index (χ2n) is 3.93. The van der Waals surface area contributed by atoms with Crippen LogP contribution in [0.1, 0.15) is 0 Å². The molecule has 20 heavy (non-hydrogen) atoms. The molecular formula is C12H9ClFN5O. The van der Waals surface area contributed by atoms with E-state index in [0.29, 0.717) is 11.2 Å². The molecule has 0 radical (unpaired) electrons. The van der Waals surface area contributed by atoms with Gasteiger partial charge in [0.15, 0.2) is 11.2 Å². The van der Waals surface area contributed by atoms with Gasteiger partial charge in [0.25, 0.3) is 0 Å². The van der Waals surface area contributed by atoms with Crippen molar-refractivity contribution in [3.05, 3.63) is 35.4 Å². The predicted molar refractivity (Wildman–Crippen MR) is 72.6 cm³/mol.